The Morgan fingerprint density at radius 2 is 1.87 bits per heavy atom. The summed E-state index contributed by atoms with van der Waals surface area (Å²) in [5, 5.41) is 3.19. The van der Waals surface area contributed by atoms with Crippen LogP contribution in [0.3, 0.4) is 0 Å². The lowest BCUT2D eigenvalue weighted by Gasteiger charge is -2.33. The van der Waals surface area contributed by atoms with Crippen molar-refractivity contribution < 1.29 is 19.0 Å². The van der Waals surface area contributed by atoms with Crippen molar-refractivity contribution in [3.05, 3.63) is 17.7 Å². The van der Waals surface area contributed by atoms with Gasteiger partial charge in [-0.3, -0.25) is 4.79 Å². The number of nitrogens with zero attached hydrogens (tertiary/aromatic N) is 1. The molecule has 6 nitrogen and oxygen atoms in total. The van der Waals surface area contributed by atoms with Gasteiger partial charge >= 0.3 is 0 Å². The number of carbonyl (C=O) groups excluding carboxylic acids is 1. The second-order valence-corrected chi connectivity index (χ2v) is 5.73. The predicted molar refractivity (Wildman–Crippen MR) is 88.7 cm³/mol. The van der Waals surface area contributed by atoms with Gasteiger partial charge in [-0.1, -0.05) is 0 Å². The zero-order valence-corrected chi connectivity index (χ0v) is 14.3. The van der Waals surface area contributed by atoms with Gasteiger partial charge in [0.25, 0.3) is 5.91 Å². The Morgan fingerprint density at radius 1 is 1.22 bits per heavy atom. The van der Waals surface area contributed by atoms with Gasteiger partial charge in [0.1, 0.15) is 0 Å². The summed E-state index contributed by atoms with van der Waals surface area (Å²) in [6, 6.07) is 3.43. The lowest BCUT2D eigenvalue weighted by atomic mass is 9.97. The van der Waals surface area contributed by atoms with E-state index >= 15 is 0 Å². The molecule has 1 heterocycles. The van der Waals surface area contributed by atoms with Crippen molar-refractivity contribution in [1.29, 1.82) is 0 Å². The van der Waals surface area contributed by atoms with E-state index in [0.717, 1.165) is 32.5 Å². The van der Waals surface area contributed by atoms with Crippen LogP contribution in [0.2, 0.25) is 0 Å². The molecular formula is C17H26N2O4. The maximum atomic E-state index is 12.8. The quantitative estimate of drug-likeness (QED) is 0.865. The van der Waals surface area contributed by atoms with Crippen LogP contribution in [0.4, 0.5) is 0 Å². The fraction of sp³-hybridized carbons (Fsp3) is 0.588. The summed E-state index contributed by atoms with van der Waals surface area (Å²) < 4.78 is 16.0. The third-order valence-corrected chi connectivity index (χ3v) is 4.21. The normalized spacial score (nSPS) is 17.7. The first-order chi connectivity index (χ1) is 11.1. The largest absolute Gasteiger partial charge is 0.493 e. The molecule has 0 saturated carbocycles. The van der Waals surface area contributed by atoms with E-state index in [0.29, 0.717) is 28.7 Å². The smallest absolute Gasteiger partial charge is 0.254 e. The van der Waals surface area contributed by atoms with E-state index < -0.39 is 0 Å². The van der Waals surface area contributed by atoms with Crippen molar-refractivity contribution in [3.63, 3.8) is 0 Å². The van der Waals surface area contributed by atoms with E-state index in [1.807, 2.05) is 11.9 Å². The molecule has 6 heteroatoms. The molecule has 1 aromatic carbocycles. The Bertz CT molecular complexity index is 520. The topological polar surface area (TPSA) is 60.0 Å². The number of benzene rings is 1. The molecule has 1 amide bonds. The molecule has 1 unspecified atom stereocenters. The van der Waals surface area contributed by atoms with Crippen LogP contribution >= 0.6 is 0 Å². The van der Waals surface area contributed by atoms with Crippen molar-refractivity contribution in [2.45, 2.75) is 12.8 Å². The van der Waals surface area contributed by atoms with Gasteiger partial charge in [-0.15, -0.1) is 0 Å². The molecule has 1 atom stereocenters. The molecule has 0 spiro atoms. The number of carbonyl (C=O) groups is 1. The maximum absolute atomic E-state index is 12.8. The van der Waals surface area contributed by atoms with E-state index in [2.05, 4.69) is 5.32 Å². The Hall–Kier alpha value is -1.95. The lowest BCUT2D eigenvalue weighted by molar-refractivity contribution is 0.0673. The van der Waals surface area contributed by atoms with Crippen molar-refractivity contribution >= 4 is 5.91 Å². The number of hydrogen-bond acceptors (Lipinski definition) is 5. The summed E-state index contributed by atoms with van der Waals surface area (Å²) in [6.45, 7) is 2.49. The first-order valence-corrected chi connectivity index (χ1v) is 7.88. The zero-order chi connectivity index (χ0) is 16.8. The first-order valence-electron chi connectivity index (χ1n) is 7.88. The molecule has 23 heavy (non-hydrogen) atoms. The SMILES string of the molecule is CNCC1CCCN(C(=O)c2cc(OC)c(OC)c(OC)c2)C1. The number of rotatable bonds is 6. The predicted octanol–water partition coefficient (Wildman–Crippen LogP) is 1.78. The molecule has 0 bridgehead atoms. The van der Waals surface area contributed by atoms with Gasteiger partial charge in [-0.25, -0.2) is 0 Å². The molecule has 2 rings (SSSR count). The van der Waals surface area contributed by atoms with Crippen molar-refractivity contribution in [3.8, 4) is 17.2 Å². The van der Waals surface area contributed by atoms with Gasteiger partial charge in [-0.2, -0.15) is 0 Å². The number of methoxy groups -OCH3 is 3. The summed E-state index contributed by atoms with van der Waals surface area (Å²) >= 11 is 0. The van der Waals surface area contributed by atoms with Crippen molar-refractivity contribution in [2.75, 3.05) is 48.0 Å². The number of likely N-dealkylation sites (tertiary alicyclic amines) is 1. The Labute approximate surface area is 137 Å². The van der Waals surface area contributed by atoms with Crippen LogP contribution < -0.4 is 19.5 Å². The fourth-order valence-corrected chi connectivity index (χ4v) is 3.09. The Kier molecular flexibility index (Phi) is 6.10. The van der Waals surface area contributed by atoms with Gasteiger partial charge < -0.3 is 24.4 Å². The van der Waals surface area contributed by atoms with Gasteiger partial charge in [0, 0.05) is 18.7 Å². The molecule has 0 aliphatic carbocycles. The number of nitrogens with one attached hydrogen (secondary N) is 1. The van der Waals surface area contributed by atoms with E-state index in [-0.39, 0.29) is 5.91 Å². The van der Waals surface area contributed by atoms with E-state index in [1.165, 1.54) is 0 Å². The summed E-state index contributed by atoms with van der Waals surface area (Å²) in [6.07, 6.45) is 2.18. The minimum Gasteiger partial charge on any atom is -0.493 e. The fourth-order valence-electron chi connectivity index (χ4n) is 3.09. The van der Waals surface area contributed by atoms with Gasteiger partial charge in [0.15, 0.2) is 11.5 Å². The molecule has 1 aliphatic heterocycles. The van der Waals surface area contributed by atoms with Gasteiger partial charge in [-0.05, 0) is 44.5 Å². The van der Waals surface area contributed by atoms with Crippen LogP contribution in [0.25, 0.3) is 0 Å². The lowest BCUT2D eigenvalue weighted by Crippen LogP contribution is -2.42. The van der Waals surface area contributed by atoms with Gasteiger partial charge in [0.2, 0.25) is 5.75 Å². The van der Waals surface area contributed by atoms with E-state index in [1.54, 1.807) is 33.5 Å². The highest BCUT2D eigenvalue weighted by molar-refractivity contribution is 5.95. The number of piperidine rings is 1. The van der Waals surface area contributed by atoms with Gasteiger partial charge in [0.05, 0.1) is 21.3 Å². The van der Waals surface area contributed by atoms with Crippen LogP contribution in [0.1, 0.15) is 23.2 Å². The molecular weight excluding hydrogens is 296 g/mol. The molecule has 128 valence electrons. The summed E-state index contributed by atoms with van der Waals surface area (Å²) in [5.74, 6) is 2.00. The molecule has 1 aromatic rings. The highest BCUT2D eigenvalue weighted by Crippen LogP contribution is 2.38. The summed E-state index contributed by atoms with van der Waals surface area (Å²) in [7, 11) is 6.60. The summed E-state index contributed by atoms with van der Waals surface area (Å²) in [4.78, 5) is 14.7. The molecule has 1 N–H and O–H groups in total. The molecule has 0 aromatic heterocycles. The zero-order valence-electron chi connectivity index (χ0n) is 14.3. The van der Waals surface area contributed by atoms with Crippen molar-refractivity contribution in [2.24, 2.45) is 5.92 Å². The number of ether oxygens (including phenoxy) is 3. The highest BCUT2D eigenvalue weighted by Gasteiger charge is 2.26. The van der Waals surface area contributed by atoms with Crippen molar-refractivity contribution in [1.82, 2.24) is 10.2 Å². The summed E-state index contributed by atoms with van der Waals surface area (Å²) in [5.41, 5.74) is 0.560. The third kappa shape index (κ3) is 3.88. The second-order valence-electron chi connectivity index (χ2n) is 5.73. The Morgan fingerprint density at radius 3 is 2.39 bits per heavy atom. The maximum Gasteiger partial charge on any atom is 0.254 e. The number of amides is 1. The highest BCUT2D eigenvalue weighted by atomic mass is 16.5. The first kappa shape index (κ1) is 17.4. The molecule has 0 radical (unpaired) electrons. The van der Waals surface area contributed by atoms with E-state index in [9.17, 15) is 4.79 Å². The standard InChI is InChI=1S/C17H26N2O4/c1-18-10-12-6-5-7-19(11-12)17(20)13-8-14(21-2)16(23-4)15(9-13)22-3/h8-9,12,18H,5-7,10-11H2,1-4H3. The number of hydrogen-bond donors (Lipinski definition) is 1. The average Bonchev–Trinajstić information content (AvgIpc) is 2.60. The molecule has 1 fully saturated rings. The monoisotopic (exact) mass is 322 g/mol. The third-order valence-electron chi connectivity index (χ3n) is 4.21. The van der Waals surface area contributed by atoms with Crippen LogP contribution in [-0.2, 0) is 0 Å². The van der Waals surface area contributed by atoms with Crippen LogP contribution in [-0.4, -0.2) is 58.8 Å². The van der Waals surface area contributed by atoms with Crippen LogP contribution in [0.15, 0.2) is 12.1 Å². The second kappa shape index (κ2) is 8.06. The van der Waals surface area contributed by atoms with Crippen LogP contribution in [0, 0.1) is 5.92 Å². The molecule has 1 saturated heterocycles. The van der Waals surface area contributed by atoms with Crippen LogP contribution in [0.5, 0.6) is 17.2 Å². The minimum atomic E-state index is 0.00468. The minimum absolute atomic E-state index is 0.00468. The Balaban J connectivity index is 2.24. The average molecular weight is 322 g/mol. The molecule has 1 aliphatic rings. The van der Waals surface area contributed by atoms with E-state index in [4.69, 9.17) is 14.2 Å².